The van der Waals surface area contributed by atoms with Gasteiger partial charge in [0.15, 0.2) is 0 Å². The summed E-state index contributed by atoms with van der Waals surface area (Å²) in [4.78, 5) is 29.5. The number of benzene rings is 1. The number of carbonyl (C=O) groups excluding carboxylic acids is 2. The summed E-state index contributed by atoms with van der Waals surface area (Å²) in [5.74, 6) is -0.437. The summed E-state index contributed by atoms with van der Waals surface area (Å²) in [6.07, 6.45) is 0.864. The van der Waals surface area contributed by atoms with Crippen molar-refractivity contribution in [1.82, 2.24) is 15.1 Å². The number of aliphatic hydroxyl groups is 1. The molecule has 200 valence electrons. The van der Waals surface area contributed by atoms with Crippen molar-refractivity contribution in [2.45, 2.75) is 50.0 Å². The number of urea groups is 1. The molecule has 0 aromatic heterocycles. The summed E-state index contributed by atoms with van der Waals surface area (Å²) in [6.45, 7) is 5.35. The number of nitrogens with zero attached hydrogens (tertiary/aromatic N) is 2. The van der Waals surface area contributed by atoms with E-state index < -0.39 is 18.2 Å². The van der Waals surface area contributed by atoms with Gasteiger partial charge in [-0.2, -0.15) is 0 Å². The van der Waals surface area contributed by atoms with Crippen molar-refractivity contribution < 1.29 is 33.3 Å². The number of carbonyl (C=O) groups is 2. The van der Waals surface area contributed by atoms with Gasteiger partial charge in [0, 0.05) is 25.3 Å². The van der Waals surface area contributed by atoms with Gasteiger partial charge in [-0.1, -0.05) is 0 Å². The first kappa shape index (κ1) is 26.7. The number of amides is 3. The Morgan fingerprint density at radius 2 is 1.86 bits per heavy atom. The predicted octanol–water partition coefficient (Wildman–Crippen LogP) is 1.20. The standard InChI is InChI=1S/C25H37FN4O6/c26-18-2-4-19(5-3-18)28-25(33)30-15-20(31)16-35-17-23-22(30)7-6-21(36-23)14-24(32)27-8-1-9-29-10-12-34-13-11-29/h2-5,20-23,31H,1,6-17H2,(H,27,32)(H,28,33)/t20-,21-,22+,23-/m0/s1. The fourth-order valence-electron chi connectivity index (χ4n) is 4.94. The maximum Gasteiger partial charge on any atom is 0.322 e. The zero-order valence-corrected chi connectivity index (χ0v) is 20.6. The first-order chi connectivity index (χ1) is 17.5. The lowest BCUT2D eigenvalue weighted by atomic mass is 9.95. The van der Waals surface area contributed by atoms with Crippen LogP contribution in [0.3, 0.4) is 0 Å². The van der Waals surface area contributed by atoms with Crippen LogP contribution < -0.4 is 10.6 Å². The van der Waals surface area contributed by atoms with E-state index in [9.17, 15) is 19.1 Å². The molecule has 1 aromatic carbocycles. The van der Waals surface area contributed by atoms with Crippen molar-refractivity contribution in [3.8, 4) is 0 Å². The second-order valence-electron chi connectivity index (χ2n) is 9.58. The van der Waals surface area contributed by atoms with E-state index in [-0.39, 0.29) is 50.0 Å². The molecule has 3 aliphatic rings. The normalized spacial score (nSPS) is 27.4. The van der Waals surface area contributed by atoms with Crippen molar-refractivity contribution in [3.63, 3.8) is 0 Å². The molecule has 0 unspecified atom stereocenters. The molecule has 3 aliphatic heterocycles. The van der Waals surface area contributed by atoms with Gasteiger partial charge < -0.3 is 34.9 Å². The minimum Gasteiger partial charge on any atom is -0.389 e. The first-order valence-electron chi connectivity index (χ1n) is 12.8. The molecule has 3 N–H and O–H groups in total. The average Bonchev–Trinajstić information content (AvgIpc) is 2.86. The molecule has 0 saturated carbocycles. The predicted molar refractivity (Wildman–Crippen MR) is 130 cm³/mol. The summed E-state index contributed by atoms with van der Waals surface area (Å²) in [6, 6.07) is 4.82. The molecular weight excluding hydrogens is 471 g/mol. The molecule has 0 spiro atoms. The maximum atomic E-state index is 13.2. The van der Waals surface area contributed by atoms with E-state index in [0.717, 1.165) is 39.3 Å². The van der Waals surface area contributed by atoms with E-state index in [4.69, 9.17) is 14.2 Å². The Hall–Kier alpha value is -2.31. The Morgan fingerprint density at radius 1 is 1.08 bits per heavy atom. The average molecular weight is 509 g/mol. The molecule has 0 aliphatic carbocycles. The van der Waals surface area contributed by atoms with Gasteiger partial charge in [0.2, 0.25) is 5.91 Å². The van der Waals surface area contributed by atoms with Gasteiger partial charge in [0.05, 0.1) is 57.6 Å². The van der Waals surface area contributed by atoms with Crippen LogP contribution in [0, 0.1) is 5.82 Å². The highest BCUT2D eigenvalue weighted by Gasteiger charge is 2.40. The SMILES string of the molecule is O=C(C[C@@H]1CC[C@@H]2[C@H](COC[C@@H](O)CN2C(=O)Nc2ccc(F)cc2)O1)NCCCN1CCOCC1. The Labute approximate surface area is 211 Å². The summed E-state index contributed by atoms with van der Waals surface area (Å²) >= 11 is 0. The minimum atomic E-state index is -0.828. The second kappa shape index (κ2) is 13.3. The first-order valence-corrected chi connectivity index (χ1v) is 12.8. The molecule has 36 heavy (non-hydrogen) atoms. The van der Waals surface area contributed by atoms with E-state index in [1.54, 1.807) is 4.90 Å². The molecule has 3 amide bonds. The number of fused-ring (bicyclic) bond motifs is 1. The molecule has 0 radical (unpaired) electrons. The minimum absolute atomic E-state index is 0.0477. The van der Waals surface area contributed by atoms with E-state index >= 15 is 0 Å². The fraction of sp³-hybridized carbons (Fsp3) is 0.680. The molecule has 4 rings (SSSR count). The van der Waals surface area contributed by atoms with Crippen molar-refractivity contribution in [3.05, 3.63) is 30.1 Å². The van der Waals surface area contributed by atoms with Crippen LogP contribution in [0.25, 0.3) is 0 Å². The fourth-order valence-corrected chi connectivity index (χ4v) is 4.94. The number of hydrogen-bond donors (Lipinski definition) is 3. The zero-order chi connectivity index (χ0) is 25.3. The number of morpholine rings is 1. The van der Waals surface area contributed by atoms with Gasteiger partial charge in [-0.05, 0) is 50.1 Å². The van der Waals surface area contributed by atoms with Crippen LogP contribution in [0.5, 0.6) is 0 Å². The lowest BCUT2D eigenvalue weighted by Crippen LogP contribution is -2.58. The number of aliphatic hydroxyl groups excluding tert-OH is 1. The third-order valence-corrected chi connectivity index (χ3v) is 6.83. The van der Waals surface area contributed by atoms with Gasteiger partial charge in [-0.25, -0.2) is 9.18 Å². The molecule has 10 nitrogen and oxygen atoms in total. The second-order valence-corrected chi connectivity index (χ2v) is 9.58. The van der Waals surface area contributed by atoms with Crippen molar-refractivity contribution in [1.29, 1.82) is 0 Å². The summed E-state index contributed by atoms with van der Waals surface area (Å²) < 4.78 is 30.4. The van der Waals surface area contributed by atoms with Crippen LogP contribution in [0.2, 0.25) is 0 Å². The largest absolute Gasteiger partial charge is 0.389 e. The van der Waals surface area contributed by atoms with Gasteiger partial charge in [0.25, 0.3) is 0 Å². The lowest BCUT2D eigenvalue weighted by molar-refractivity contribution is -0.149. The van der Waals surface area contributed by atoms with Gasteiger partial charge in [-0.3, -0.25) is 9.69 Å². The Bertz CT molecular complexity index is 853. The van der Waals surface area contributed by atoms with Gasteiger partial charge in [0.1, 0.15) is 11.9 Å². The summed E-state index contributed by atoms with van der Waals surface area (Å²) in [7, 11) is 0. The highest BCUT2D eigenvalue weighted by molar-refractivity contribution is 5.89. The van der Waals surface area contributed by atoms with Crippen LogP contribution in [-0.4, -0.2) is 110 Å². The molecule has 3 saturated heterocycles. The van der Waals surface area contributed by atoms with Crippen LogP contribution in [0.15, 0.2) is 24.3 Å². The number of hydrogen-bond acceptors (Lipinski definition) is 7. The molecule has 0 bridgehead atoms. The van der Waals surface area contributed by atoms with E-state index in [1.807, 2.05) is 0 Å². The van der Waals surface area contributed by atoms with Crippen LogP contribution in [0.4, 0.5) is 14.9 Å². The number of rotatable bonds is 7. The van der Waals surface area contributed by atoms with E-state index in [0.29, 0.717) is 25.1 Å². The topological polar surface area (TPSA) is 113 Å². The lowest BCUT2D eigenvalue weighted by Gasteiger charge is -2.44. The maximum absolute atomic E-state index is 13.2. The number of anilines is 1. The molecule has 4 atom stereocenters. The zero-order valence-electron chi connectivity index (χ0n) is 20.6. The Kier molecular flexibility index (Phi) is 9.88. The van der Waals surface area contributed by atoms with Crippen LogP contribution in [0.1, 0.15) is 25.7 Å². The smallest absolute Gasteiger partial charge is 0.322 e. The monoisotopic (exact) mass is 508 g/mol. The molecule has 11 heteroatoms. The highest BCUT2D eigenvalue weighted by atomic mass is 19.1. The molecule has 3 heterocycles. The van der Waals surface area contributed by atoms with Gasteiger partial charge in [-0.15, -0.1) is 0 Å². The van der Waals surface area contributed by atoms with Crippen molar-refractivity contribution in [2.24, 2.45) is 0 Å². The van der Waals surface area contributed by atoms with Crippen LogP contribution in [-0.2, 0) is 19.0 Å². The van der Waals surface area contributed by atoms with Crippen molar-refractivity contribution in [2.75, 3.05) is 64.5 Å². The highest BCUT2D eigenvalue weighted by Crippen LogP contribution is 2.28. The van der Waals surface area contributed by atoms with Gasteiger partial charge >= 0.3 is 6.03 Å². The number of β-amino-alcohol motifs (C(OH)–C–C–N with tert-alkyl or cyclic N) is 1. The third kappa shape index (κ3) is 7.84. The Morgan fingerprint density at radius 3 is 2.64 bits per heavy atom. The Balaban J connectivity index is 1.26. The van der Waals surface area contributed by atoms with E-state index in [2.05, 4.69) is 15.5 Å². The third-order valence-electron chi connectivity index (χ3n) is 6.83. The molecule has 1 aromatic rings. The summed E-state index contributed by atoms with van der Waals surface area (Å²) in [5, 5.41) is 16.0. The molecule has 3 fully saturated rings. The van der Waals surface area contributed by atoms with E-state index in [1.165, 1.54) is 24.3 Å². The van der Waals surface area contributed by atoms with Crippen LogP contribution >= 0.6 is 0 Å². The van der Waals surface area contributed by atoms with Crippen molar-refractivity contribution >= 4 is 17.6 Å². The summed E-state index contributed by atoms with van der Waals surface area (Å²) in [5.41, 5.74) is 0.464. The number of halogens is 1. The number of ether oxygens (including phenoxy) is 3. The number of nitrogens with one attached hydrogen (secondary N) is 2. The molecular formula is C25H37FN4O6. The quantitative estimate of drug-likeness (QED) is 0.475.